The second kappa shape index (κ2) is 9.83. The number of rotatable bonds is 6. The lowest BCUT2D eigenvalue weighted by Gasteiger charge is -2.17. The van der Waals surface area contributed by atoms with Crippen molar-refractivity contribution in [3.8, 4) is 11.5 Å². The molecule has 0 radical (unpaired) electrons. The highest BCUT2D eigenvalue weighted by molar-refractivity contribution is 5.95. The van der Waals surface area contributed by atoms with E-state index in [-0.39, 0.29) is 0 Å². The molecule has 0 atom stereocenters. The molecule has 0 bridgehead atoms. The lowest BCUT2D eigenvalue weighted by Crippen LogP contribution is -1.99. The predicted molar refractivity (Wildman–Crippen MR) is 153 cm³/mol. The van der Waals surface area contributed by atoms with Crippen LogP contribution >= 0.6 is 0 Å². The molecule has 2 heteroatoms. The van der Waals surface area contributed by atoms with Crippen molar-refractivity contribution in [2.45, 2.75) is 19.3 Å². The topological polar surface area (TPSA) is 40.5 Å². The average molecular weight is 481 g/mol. The maximum Gasteiger partial charge on any atom is 0.126 e. The monoisotopic (exact) mass is 480 g/mol. The van der Waals surface area contributed by atoms with Gasteiger partial charge in [0.1, 0.15) is 11.5 Å². The van der Waals surface area contributed by atoms with Gasteiger partial charge in [0, 0.05) is 23.6 Å². The molecule has 6 rings (SSSR count). The molecular weight excluding hydrogens is 452 g/mol. The molecule has 0 unspecified atom stereocenters. The van der Waals surface area contributed by atoms with E-state index in [1.807, 2.05) is 72.8 Å². The first-order valence-electron chi connectivity index (χ1n) is 12.7. The fourth-order valence-corrected chi connectivity index (χ4v) is 5.40. The molecule has 0 spiro atoms. The quantitative estimate of drug-likeness (QED) is 0.252. The molecular formula is C35H28O2. The largest absolute Gasteiger partial charge is 0.507 e. The molecule has 2 N–H and O–H groups in total. The summed E-state index contributed by atoms with van der Waals surface area (Å²) in [4.78, 5) is 0. The minimum absolute atomic E-state index is 0.350. The van der Waals surface area contributed by atoms with Crippen LogP contribution in [0.25, 0.3) is 21.5 Å². The Kier molecular flexibility index (Phi) is 6.08. The van der Waals surface area contributed by atoms with Crippen LogP contribution in [0.4, 0.5) is 0 Å². The van der Waals surface area contributed by atoms with Crippen molar-refractivity contribution >= 4 is 21.5 Å². The fraction of sp³-hybridized carbons (Fsp3) is 0.0857. The van der Waals surface area contributed by atoms with Crippen LogP contribution in [0, 0.1) is 0 Å². The van der Waals surface area contributed by atoms with Crippen LogP contribution in [0.1, 0.15) is 33.4 Å². The molecule has 6 aromatic rings. The molecule has 0 aliphatic heterocycles. The van der Waals surface area contributed by atoms with Gasteiger partial charge in [0.2, 0.25) is 0 Å². The van der Waals surface area contributed by atoms with E-state index in [1.165, 1.54) is 22.3 Å². The van der Waals surface area contributed by atoms with Crippen LogP contribution in [0.5, 0.6) is 11.5 Å². The van der Waals surface area contributed by atoms with E-state index in [1.54, 1.807) is 0 Å². The Labute approximate surface area is 217 Å². The molecule has 37 heavy (non-hydrogen) atoms. The van der Waals surface area contributed by atoms with E-state index in [0.717, 1.165) is 32.7 Å². The van der Waals surface area contributed by atoms with Crippen molar-refractivity contribution in [2.75, 3.05) is 0 Å². The van der Waals surface area contributed by atoms with E-state index in [2.05, 4.69) is 48.5 Å². The number of aromatic hydroxyl groups is 2. The average Bonchev–Trinajstić information content (AvgIpc) is 2.95. The van der Waals surface area contributed by atoms with E-state index < -0.39 is 0 Å². The normalized spacial score (nSPS) is 11.2. The second-order valence-corrected chi connectivity index (χ2v) is 9.68. The van der Waals surface area contributed by atoms with Gasteiger partial charge in [-0.15, -0.1) is 0 Å². The van der Waals surface area contributed by atoms with Crippen molar-refractivity contribution in [1.82, 2.24) is 0 Å². The number of hydrogen-bond acceptors (Lipinski definition) is 2. The maximum absolute atomic E-state index is 11.2. The van der Waals surface area contributed by atoms with Gasteiger partial charge in [-0.3, -0.25) is 0 Å². The number of hydrogen-bond donors (Lipinski definition) is 2. The van der Waals surface area contributed by atoms with Crippen molar-refractivity contribution in [3.63, 3.8) is 0 Å². The molecule has 0 amide bonds. The Bertz CT molecular complexity index is 1570. The SMILES string of the molecule is Oc1c(Cc2ccccc2)cc(Cc2cc(Cc3ccccc3)c(O)c3ccccc23)c2ccccc12. The summed E-state index contributed by atoms with van der Waals surface area (Å²) < 4.78 is 0. The molecule has 6 aromatic carbocycles. The molecule has 0 saturated heterocycles. The van der Waals surface area contributed by atoms with Gasteiger partial charge in [0.15, 0.2) is 0 Å². The zero-order valence-corrected chi connectivity index (χ0v) is 20.6. The Morgan fingerprint density at radius 2 is 0.703 bits per heavy atom. The molecule has 0 aliphatic carbocycles. The van der Waals surface area contributed by atoms with Gasteiger partial charge < -0.3 is 10.2 Å². The molecule has 0 aromatic heterocycles. The van der Waals surface area contributed by atoms with Crippen molar-refractivity contribution in [1.29, 1.82) is 0 Å². The van der Waals surface area contributed by atoms with E-state index in [4.69, 9.17) is 0 Å². The summed E-state index contributed by atoms with van der Waals surface area (Å²) in [5, 5.41) is 26.2. The molecule has 2 nitrogen and oxygen atoms in total. The first-order valence-corrected chi connectivity index (χ1v) is 12.7. The van der Waals surface area contributed by atoms with Gasteiger partial charge in [0.05, 0.1) is 0 Å². The smallest absolute Gasteiger partial charge is 0.126 e. The van der Waals surface area contributed by atoms with Gasteiger partial charge in [-0.05, 0) is 50.6 Å². The lowest BCUT2D eigenvalue weighted by atomic mass is 9.89. The second-order valence-electron chi connectivity index (χ2n) is 9.68. The Hall–Kier alpha value is -4.56. The zero-order chi connectivity index (χ0) is 25.2. The fourth-order valence-electron chi connectivity index (χ4n) is 5.40. The van der Waals surface area contributed by atoms with E-state index >= 15 is 0 Å². The number of phenolic OH excluding ortho intramolecular Hbond substituents is 2. The first-order chi connectivity index (χ1) is 18.2. The summed E-state index contributed by atoms with van der Waals surface area (Å²) in [6, 6.07) is 41.0. The Morgan fingerprint density at radius 3 is 1.11 bits per heavy atom. The van der Waals surface area contributed by atoms with Crippen molar-refractivity contribution in [3.05, 3.63) is 155 Å². The minimum Gasteiger partial charge on any atom is -0.507 e. The standard InChI is InChI=1S/C35H28O2/c36-34-28(19-24-11-3-1-4-12-24)22-26(30-15-7-9-17-32(30)34)21-27-23-29(20-25-13-5-2-6-14-25)35(37)33-18-10-8-16-31(27)33/h1-18,22-23,36-37H,19-21H2. The highest BCUT2D eigenvalue weighted by Gasteiger charge is 2.16. The summed E-state index contributed by atoms with van der Waals surface area (Å²) in [5.41, 5.74) is 6.51. The van der Waals surface area contributed by atoms with Crippen LogP contribution in [-0.2, 0) is 19.3 Å². The molecule has 0 aliphatic rings. The van der Waals surface area contributed by atoms with Gasteiger partial charge in [-0.25, -0.2) is 0 Å². The number of phenols is 2. The third-order valence-electron chi connectivity index (χ3n) is 7.22. The Balaban J connectivity index is 1.49. The van der Waals surface area contributed by atoms with Crippen molar-refractivity contribution < 1.29 is 10.2 Å². The summed E-state index contributed by atoms with van der Waals surface area (Å²) in [6.45, 7) is 0. The maximum atomic E-state index is 11.2. The predicted octanol–water partition coefficient (Wildman–Crippen LogP) is 8.18. The van der Waals surface area contributed by atoms with Gasteiger partial charge in [0.25, 0.3) is 0 Å². The van der Waals surface area contributed by atoms with Gasteiger partial charge >= 0.3 is 0 Å². The number of benzene rings is 6. The zero-order valence-electron chi connectivity index (χ0n) is 20.6. The summed E-state index contributed by atoms with van der Waals surface area (Å²) in [7, 11) is 0. The highest BCUT2D eigenvalue weighted by Crippen LogP contribution is 2.38. The van der Waals surface area contributed by atoms with Crippen LogP contribution < -0.4 is 0 Å². The van der Waals surface area contributed by atoms with Gasteiger partial charge in [-0.1, -0.05) is 121 Å². The molecule has 180 valence electrons. The highest BCUT2D eigenvalue weighted by atomic mass is 16.3. The third kappa shape index (κ3) is 4.54. The van der Waals surface area contributed by atoms with Crippen LogP contribution in [-0.4, -0.2) is 10.2 Å². The molecule has 0 heterocycles. The summed E-state index contributed by atoms with van der Waals surface area (Å²) in [6.07, 6.45) is 2.03. The first kappa shape index (κ1) is 22.9. The van der Waals surface area contributed by atoms with Crippen LogP contribution in [0.15, 0.2) is 121 Å². The molecule has 0 fully saturated rings. The molecule has 0 saturated carbocycles. The van der Waals surface area contributed by atoms with Gasteiger partial charge in [-0.2, -0.15) is 0 Å². The third-order valence-corrected chi connectivity index (χ3v) is 7.22. The van der Waals surface area contributed by atoms with Crippen molar-refractivity contribution in [2.24, 2.45) is 0 Å². The summed E-state index contributed by atoms with van der Waals surface area (Å²) >= 11 is 0. The summed E-state index contributed by atoms with van der Waals surface area (Å²) in [5.74, 6) is 0.701. The van der Waals surface area contributed by atoms with Crippen LogP contribution in [0.3, 0.4) is 0 Å². The lowest BCUT2D eigenvalue weighted by molar-refractivity contribution is 0.475. The number of fused-ring (bicyclic) bond motifs is 2. The van der Waals surface area contributed by atoms with E-state index in [9.17, 15) is 10.2 Å². The Morgan fingerprint density at radius 1 is 0.351 bits per heavy atom. The van der Waals surface area contributed by atoms with E-state index in [0.29, 0.717) is 30.8 Å². The minimum atomic E-state index is 0.350. The van der Waals surface area contributed by atoms with Crippen LogP contribution in [0.2, 0.25) is 0 Å².